The van der Waals surface area contributed by atoms with Crippen LogP contribution in [0.15, 0.2) is 5.38 Å². The number of aromatic nitrogens is 1. The molecule has 3 nitrogen and oxygen atoms in total. The smallest absolute Gasteiger partial charge is 0.0931 e. The maximum atomic E-state index is 5.97. The third-order valence-electron chi connectivity index (χ3n) is 3.23. The number of nitrogens with two attached hydrogens (primary N) is 1. The molecule has 2 atom stereocenters. The van der Waals surface area contributed by atoms with E-state index in [0.29, 0.717) is 12.5 Å². The van der Waals surface area contributed by atoms with E-state index in [0.717, 1.165) is 18.2 Å². The zero-order valence-corrected chi connectivity index (χ0v) is 9.50. The van der Waals surface area contributed by atoms with E-state index in [1.807, 2.05) is 0 Å². The maximum Gasteiger partial charge on any atom is 0.0931 e. The zero-order valence-electron chi connectivity index (χ0n) is 8.69. The minimum Gasteiger partial charge on any atom is -0.379 e. The van der Waals surface area contributed by atoms with Crippen LogP contribution in [0.25, 0.3) is 0 Å². The number of rotatable bonds is 3. The molecule has 0 spiro atoms. The highest BCUT2D eigenvalue weighted by Crippen LogP contribution is 2.34. The first-order valence-corrected chi connectivity index (χ1v) is 6.48. The fourth-order valence-electron chi connectivity index (χ4n) is 2.03. The fourth-order valence-corrected chi connectivity index (χ4v) is 3.01. The molecule has 1 aliphatic heterocycles. The average molecular weight is 224 g/mol. The van der Waals surface area contributed by atoms with Gasteiger partial charge in [-0.15, -0.1) is 11.3 Å². The van der Waals surface area contributed by atoms with Crippen LogP contribution >= 0.6 is 11.3 Å². The average Bonchev–Trinajstić information content (AvgIpc) is 2.74. The number of nitrogens with zero attached hydrogens (tertiary/aromatic N) is 1. The van der Waals surface area contributed by atoms with Gasteiger partial charge in [-0.05, 0) is 18.8 Å². The highest BCUT2D eigenvalue weighted by atomic mass is 32.1. The molecule has 3 rings (SSSR count). The lowest BCUT2D eigenvalue weighted by Gasteiger charge is -2.09. The van der Waals surface area contributed by atoms with Gasteiger partial charge in [-0.3, -0.25) is 0 Å². The predicted octanol–water partition coefficient (Wildman–Crippen LogP) is 1.54. The molecule has 15 heavy (non-hydrogen) atoms. The molecule has 0 radical (unpaired) electrons. The molecule has 82 valence electrons. The first kappa shape index (κ1) is 9.75. The summed E-state index contributed by atoms with van der Waals surface area (Å²) in [6.07, 6.45) is 3.95. The normalized spacial score (nSPS) is 31.0. The Kier molecular flexibility index (Phi) is 2.50. The molecule has 1 saturated heterocycles. The summed E-state index contributed by atoms with van der Waals surface area (Å²) < 4.78 is 5.37. The Morgan fingerprint density at radius 3 is 3.00 bits per heavy atom. The quantitative estimate of drug-likeness (QED) is 0.847. The molecular formula is C11H16N2OS. The van der Waals surface area contributed by atoms with Crippen LogP contribution in [0.3, 0.4) is 0 Å². The largest absolute Gasteiger partial charge is 0.379 e. The van der Waals surface area contributed by atoms with E-state index in [4.69, 9.17) is 10.5 Å². The van der Waals surface area contributed by atoms with Crippen molar-refractivity contribution in [2.24, 2.45) is 11.7 Å². The Hall–Kier alpha value is -0.450. The molecule has 4 heteroatoms. The van der Waals surface area contributed by atoms with Gasteiger partial charge in [0.25, 0.3) is 0 Å². The summed E-state index contributed by atoms with van der Waals surface area (Å²) in [4.78, 5) is 4.68. The van der Waals surface area contributed by atoms with E-state index in [9.17, 15) is 0 Å². The molecule has 1 aromatic rings. The first-order valence-electron chi connectivity index (χ1n) is 5.60. The van der Waals surface area contributed by atoms with E-state index in [-0.39, 0.29) is 6.04 Å². The van der Waals surface area contributed by atoms with Gasteiger partial charge in [-0.1, -0.05) is 0 Å². The van der Waals surface area contributed by atoms with Crippen LogP contribution < -0.4 is 5.73 Å². The lowest BCUT2D eigenvalue weighted by Crippen LogP contribution is -2.27. The molecule has 2 fully saturated rings. The number of hydrogen-bond acceptors (Lipinski definition) is 4. The Morgan fingerprint density at radius 1 is 1.47 bits per heavy atom. The predicted molar refractivity (Wildman–Crippen MR) is 60.1 cm³/mol. The molecule has 0 amide bonds. The molecule has 0 bridgehead atoms. The Bertz CT molecular complexity index is 348. The third kappa shape index (κ3) is 2.07. The summed E-state index contributed by atoms with van der Waals surface area (Å²) in [7, 11) is 0. The van der Waals surface area contributed by atoms with Crippen molar-refractivity contribution < 1.29 is 4.74 Å². The minimum absolute atomic E-state index is 0.140. The van der Waals surface area contributed by atoms with Crippen LogP contribution in [0.4, 0.5) is 0 Å². The molecular weight excluding hydrogens is 208 g/mol. The van der Waals surface area contributed by atoms with Crippen molar-refractivity contribution in [3.63, 3.8) is 0 Å². The molecule has 1 aromatic heterocycles. The molecule has 2 N–H and O–H groups in total. The first-order chi connectivity index (χ1) is 7.33. The third-order valence-corrected chi connectivity index (χ3v) is 4.12. The zero-order chi connectivity index (χ0) is 10.3. The Balaban J connectivity index is 1.71. The van der Waals surface area contributed by atoms with Crippen molar-refractivity contribution >= 4 is 11.3 Å². The number of hydrogen-bond donors (Lipinski definition) is 1. The van der Waals surface area contributed by atoms with Crippen molar-refractivity contribution in [1.29, 1.82) is 0 Å². The maximum absolute atomic E-state index is 5.97. The van der Waals surface area contributed by atoms with Gasteiger partial charge in [0, 0.05) is 23.8 Å². The van der Waals surface area contributed by atoms with E-state index in [2.05, 4.69) is 10.4 Å². The van der Waals surface area contributed by atoms with Crippen LogP contribution in [-0.4, -0.2) is 24.2 Å². The van der Waals surface area contributed by atoms with E-state index in [1.165, 1.54) is 24.3 Å². The van der Waals surface area contributed by atoms with Crippen molar-refractivity contribution in [3.8, 4) is 0 Å². The van der Waals surface area contributed by atoms with Crippen molar-refractivity contribution in [3.05, 3.63) is 16.1 Å². The fraction of sp³-hybridized carbons (Fsp3) is 0.727. The topological polar surface area (TPSA) is 48.1 Å². The number of thiazole rings is 1. The second kappa shape index (κ2) is 3.85. The molecule has 1 aliphatic carbocycles. The van der Waals surface area contributed by atoms with Gasteiger partial charge in [0.1, 0.15) is 0 Å². The van der Waals surface area contributed by atoms with Gasteiger partial charge in [-0.2, -0.15) is 0 Å². The van der Waals surface area contributed by atoms with Gasteiger partial charge < -0.3 is 10.5 Å². The summed E-state index contributed by atoms with van der Waals surface area (Å²) in [6.45, 7) is 1.42. The summed E-state index contributed by atoms with van der Waals surface area (Å²) in [5, 5.41) is 3.45. The molecule has 2 unspecified atom stereocenters. The monoisotopic (exact) mass is 224 g/mol. The molecule has 2 heterocycles. The van der Waals surface area contributed by atoms with Crippen LogP contribution in [0.5, 0.6) is 0 Å². The molecule has 2 aliphatic rings. The van der Waals surface area contributed by atoms with Crippen molar-refractivity contribution in [2.75, 3.05) is 13.2 Å². The summed E-state index contributed by atoms with van der Waals surface area (Å²) in [5.74, 6) is 1.24. The lowest BCUT2D eigenvalue weighted by molar-refractivity contribution is 0.190. The highest BCUT2D eigenvalue weighted by Gasteiger charge is 2.29. The molecule has 1 saturated carbocycles. The van der Waals surface area contributed by atoms with Gasteiger partial charge in [0.2, 0.25) is 0 Å². The summed E-state index contributed by atoms with van der Waals surface area (Å²) >= 11 is 1.78. The van der Waals surface area contributed by atoms with Gasteiger partial charge in [0.15, 0.2) is 0 Å². The minimum atomic E-state index is 0.140. The summed E-state index contributed by atoms with van der Waals surface area (Å²) in [6, 6.07) is 0.140. The van der Waals surface area contributed by atoms with Crippen LogP contribution in [0.1, 0.15) is 29.5 Å². The van der Waals surface area contributed by atoms with E-state index < -0.39 is 0 Å². The SMILES string of the molecule is NC1COCC1c1csc(CC2CC2)n1. The standard InChI is InChI=1S/C11H16N2OS/c12-9-5-14-4-8(9)10-6-15-11(13-10)3-7-1-2-7/h6-9H,1-5,12H2. The lowest BCUT2D eigenvalue weighted by atomic mass is 10.0. The van der Waals surface area contributed by atoms with Crippen molar-refractivity contribution in [2.45, 2.75) is 31.2 Å². The van der Waals surface area contributed by atoms with Gasteiger partial charge in [-0.25, -0.2) is 4.98 Å². The Labute approximate surface area is 93.7 Å². The van der Waals surface area contributed by atoms with E-state index >= 15 is 0 Å². The van der Waals surface area contributed by atoms with Crippen LogP contribution in [0, 0.1) is 5.92 Å². The van der Waals surface area contributed by atoms with Gasteiger partial charge in [0.05, 0.1) is 23.9 Å². The number of ether oxygens (including phenoxy) is 1. The van der Waals surface area contributed by atoms with Gasteiger partial charge >= 0.3 is 0 Å². The Morgan fingerprint density at radius 2 is 2.33 bits per heavy atom. The van der Waals surface area contributed by atoms with Crippen LogP contribution in [0.2, 0.25) is 0 Å². The second-order valence-corrected chi connectivity index (χ2v) is 5.56. The molecule has 0 aromatic carbocycles. The van der Waals surface area contributed by atoms with Crippen LogP contribution in [-0.2, 0) is 11.2 Å². The second-order valence-electron chi connectivity index (χ2n) is 4.62. The highest BCUT2D eigenvalue weighted by molar-refractivity contribution is 7.09. The summed E-state index contributed by atoms with van der Waals surface area (Å²) in [5.41, 5.74) is 7.13. The van der Waals surface area contributed by atoms with E-state index in [1.54, 1.807) is 11.3 Å². The van der Waals surface area contributed by atoms with Crippen molar-refractivity contribution in [1.82, 2.24) is 4.98 Å².